The molecule has 31 heavy (non-hydrogen) atoms. The maximum Gasteiger partial charge on any atom is 0.256 e. The second-order valence-electron chi connectivity index (χ2n) is 8.17. The zero-order valence-electron chi connectivity index (χ0n) is 18.4. The van der Waals surface area contributed by atoms with E-state index < -0.39 is 0 Å². The monoisotopic (exact) mass is 413 g/mol. The summed E-state index contributed by atoms with van der Waals surface area (Å²) < 4.78 is 1.89. The molecule has 4 aromatic rings. The first kappa shape index (κ1) is 20.7. The van der Waals surface area contributed by atoms with Gasteiger partial charge >= 0.3 is 0 Å². The smallest absolute Gasteiger partial charge is 0.256 e. The second-order valence-corrected chi connectivity index (χ2v) is 8.17. The summed E-state index contributed by atoms with van der Waals surface area (Å²) in [6, 6.07) is 14.2. The van der Waals surface area contributed by atoms with Crippen molar-refractivity contribution in [2.24, 2.45) is 0 Å². The van der Waals surface area contributed by atoms with Gasteiger partial charge in [0.15, 0.2) is 5.65 Å². The fourth-order valence-corrected chi connectivity index (χ4v) is 3.74. The Hall–Kier alpha value is -3.54. The minimum atomic E-state index is -0.0451. The van der Waals surface area contributed by atoms with Crippen LogP contribution in [0, 0.1) is 13.8 Å². The van der Waals surface area contributed by atoms with Crippen molar-refractivity contribution in [1.82, 2.24) is 24.6 Å². The van der Waals surface area contributed by atoms with Crippen LogP contribution in [0.25, 0.3) is 11.0 Å². The molecule has 158 valence electrons. The van der Waals surface area contributed by atoms with E-state index >= 15 is 0 Å². The number of nitrogens with zero attached hydrogens (tertiary/aromatic N) is 5. The predicted octanol–water partition coefficient (Wildman–Crippen LogP) is 4.87. The molecule has 0 bridgehead atoms. The van der Waals surface area contributed by atoms with Crippen molar-refractivity contribution in [2.45, 2.75) is 46.8 Å². The number of pyridine rings is 2. The highest BCUT2D eigenvalue weighted by atomic mass is 16.2. The average molecular weight is 414 g/mol. The lowest BCUT2D eigenvalue weighted by molar-refractivity contribution is 0.0728. The van der Waals surface area contributed by atoms with Gasteiger partial charge in [0.25, 0.3) is 5.91 Å². The molecular formula is C25H27N5O. The average Bonchev–Trinajstić information content (AvgIpc) is 3.17. The van der Waals surface area contributed by atoms with E-state index in [1.54, 1.807) is 18.6 Å². The van der Waals surface area contributed by atoms with Gasteiger partial charge in [0.2, 0.25) is 0 Å². The number of aryl methyl sites for hydroxylation is 2. The molecule has 1 amide bonds. The van der Waals surface area contributed by atoms with Crippen molar-refractivity contribution in [1.29, 1.82) is 0 Å². The van der Waals surface area contributed by atoms with Crippen molar-refractivity contribution in [2.75, 3.05) is 0 Å². The van der Waals surface area contributed by atoms with Gasteiger partial charge in [0.1, 0.15) is 0 Å². The van der Waals surface area contributed by atoms with Gasteiger partial charge in [-0.3, -0.25) is 9.78 Å². The predicted molar refractivity (Wildman–Crippen MR) is 122 cm³/mol. The van der Waals surface area contributed by atoms with Crippen molar-refractivity contribution in [3.63, 3.8) is 0 Å². The number of hydrogen-bond acceptors (Lipinski definition) is 4. The number of carbonyl (C=O) groups excluding carboxylic acids is 1. The van der Waals surface area contributed by atoms with E-state index in [-0.39, 0.29) is 11.9 Å². The maximum atomic E-state index is 13.7. The van der Waals surface area contributed by atoms with E-state index in [0.717, 1.165) is 27.7 Å². The minimum absolute atomic E-state index is 0.0451. The lowest BCUT2D eigenvalue weighted by Crippen LogP contribution is -2.31. The fourth-order valence-electron chi connectivity index (χ4n) is 3.74. The van der Waals surface area contributed by atoms with Crippen LogP contribution < -0.4 is 0 Å². The SMILES string of the molecule is Cc1ccccc1CN(Cc1cccnc1)C(=O)c1cc2cnn(C(C)C)c2nc1C. The summed E-state index contributed by atoms with van der Waals surface area (Å²) in [7, 11) is 0. The summed E-state index contributed by atoms with van der Waals surface area (Å²) in [5.41, 5.74) is 5.40. The largest absolute Gasteiger partial charge is 0.330 e. The van der Waals surface area contributed by atoms with Gasteiger partial charge in [-0.05, 0) is 56.5 Å². The Balaban J connectivity index is 1.72. The van der Waals surface area contributed by atoms with E-state index in [2.05, 4.69) is 43.0 Å². The van der Waals surface area contributed by atoms with E-state index in [1.165, 1.54) is 0 Å². The normalized spacial score (nSPS) is 11.3. The number of hydrogen-bond donors (Lipinski definition) is 0. The van der Waals surface area contributed by atoms with Crippen LogP contribution in [0.15, 0.2) is 61.1 Å². The summed E-state index contributed by atoms with van der Waals surface area (Å²) in [6.45, 7) is 9.09. The van der Waals surface area contributed by atoms with E-state index in [0.29, 0.717) is 24.3 Å². The van der Waals surface area contributed by atoms with Crippen LogP contribution in [0.5, 0.6) is 0 Å². The zero-order valence-corrected chi connectivity index (χ0v) is 18.4. The topological polar surface area (TPSA) is 63.9 Å². The number of aromatic nitrogens is 4. The molecule has 6 heteroatoms. The van der Waals surface area contributed by atoms with Gasteiger partial charge in [-0.1, -0.05) is 30.3 Å². The number of fused-ring (bicyclic) bond motifs is 1. The Labute approximate surface area is 182 Å². The van der Waals surface area contributed by atoms with E-state index in [1.807, 2.05) is 46.8 Å². The molecule has 0 saturated carbocycles. The number of benzene rings is 1. The molecular weight excluding hydrogens is 386 g/mol. The van der Waals surface area contributed by atoms with Crippen LogP contribution in [0.2, 0.25) is 0 Å². The fraction of sp³-hybridized carbons (Fsp3) is 0.280. The van der Waals surface area contributed by atoms with Gasteiger partial charge in [-0.15, -0.1) is 0 Å². The van der Waals surface area contributed by atoms with Gasteiger partial charge in [-0.25, -0.2) is 9.67 Å². The van der Waals surface area contributed by atoms with Crippen LogP contribution in [0.3, 0.4) is 0 Å². The number of amides is 1. The summed E-state index contributed by atoms with van der Waals surface area (Å²) in [6.07, 6.45) is 5.33. The molecule has 0 unspecified atom stereocenters. The molecule has 0 saturated heterocycles. The Morgan fingerprint density at radius 3 is 2.58 bits per heavy atom. The Kier molecular flexibility index (Phi) is 5.80. The summed E-state index contributed by atoms with van der Waals surface area (Å²) in [4.78, 5) is 24.5. The van der Waals surface area contributed by atoms with E-state index in [9.17, 15) is 4.79 Å². The first-order valence-electron chi connectivity index (χ1n) is 10.5. The number of rotatable bonds is 6. The first-order valence-corrected chi connectivity index (χ1v) is 10.5. The van der Waals surface area contributed by atoms with Gasteiger partial charge in [-0.2, -0.15) is 5.10 Å². The molecule has 4 rings (SSSR count). The van der Waals surface area contributed by atoms with Crippen LogP contribution in [-0.2, 0) is 13.1 Å². The highest BCUT2D eigenvalue weighted by molar-refractivity contribution is 5.98. The maximum absolute atomic E-state index is 13.7. The third-order valence-corrected chi connectivity index (χ3v) is 5.49. The Bertz CT molecular complexity index is 1210. The zero-order chi connectivity index (χ0) is 22.0. The second kappa shape index (κ2) is 8.68. The summed E-state index contributed by atoms with van der Waals surface area (Å²) >= 11 is 0. The molecule has 0 aliphatic rings. The molecule has 3 heterocycles. The first-order chi connectivity index (χ1) is 14.9. The summed E-state index contributed by atoms with van der Waals surface area (Å²) in [5, 5.41) is 5.32. The van der Waals surface area contributed by atoms with Crippen LogP contribution >= 0.6 is 0 Å². The minimum Gasteiger partial charge on any atom is -0.330 e. The van der Waals surface area contributed by atoms with Gasteiger partial charge < -0.3 is 4.90 Å². The van der Waals surface area contributed by atoms with Gasteiger partial charge in [0, 0.05) is 36.9 Å². The standard InChI is InChI=1S/C25H27N5O/c1-17(2)30-24-22(14-27-30)12-23(19(4)28-24)25(31)29(15-20-9-7-11-26-13-20)16-21-10-6-5-8-18(21)3/h5-14,17H,15-16H2,1-4H3. The third kappa shape index (κ3) is 4.33. The lowest BCUT2D eigenvalue weighted by Gasteiger charge is -2.24. The van der Waals surface area contributed by atoms with Crippen molar-refractivity contribution in [3.8, 4) is 0 Å². The molecule has 0 fully saturated rings. The molecule has 3 aromatic heterocycles. The van der Waals surface area contributed by atoms with Crippen LogP contribution in [0.1, 0.15) is 52.6 Å². The quantitative estimate of drug-likeness (QED) is 0.452. The number of carbonyl (C=O) groups is 1. The van der Waals surface area contributed by atoms with Crippen LogP contribution in [0.4, 0.5) is 0 Å². The lowest BCUT2D eigenvalue weighted by atomic mass is 10.1. The molecule has 0 spiro atoms. The van der Waals surface area contributed by atoms with Crippen molar-refractivity contribution >= 4 is 16.9 Å². The molecule has 0 N–H and O–H groups in total. The summed E-state index contributed by atoms with van der Waals surface area (Å²) in [5.74, 6) is -0.0451. The van der Waals surface area contributed by atoms with Crippen molar-refractivity contribution in [3.05, 3.63) is 89.0 Å². The van der Waals surface area contributed by atoms with E-state index in [4.69, 9.17) is 4.98 Å². The third-order valence-electron chi connectivity index (χ3n) is 5.49. The Morgan fingerprint density at radius 1 is 1.06 bits per heavy atom. The molecule has 0 radical (unpaired) electrons. The molecule has 0 atom stereocenters. The Morgan fingerprint density at radius 2 is 1.87 bits per heavy atom. The molecule has 0 aliphatic heterocycles. The highest BCUT2D eigenvalue weighted by Crippen LogP contribution is 2.22. The van der Waals surface area contributed by atoms with Crippen LogP contribution in [-0.4, -0.2) is 30.6 Å². The molecule has 6 nitrogen and oxygen atoms in total. The molecule has 0 aliphatic carbocycles. The molecule has 1 aromatic carbocycles. The van der Waals surface area contributed by atoms with Crippen molar-refractivity contribution < 1.29 is 4.79 Å². The highest BCUT2D eigenvalue weighted by Gasteiger charge is 2.22. The van der Waals surface area contributed by atoms with Gasteiger partial charge in [0.05, 0.1) is 17.5 Å².